The molecule has 0 spiro atoms. The van der Waals surface area contributed by atoms with Gasteiger partial charge in [0, 0.05) is 12.5 Å². The van der Waals surface area contributed by atoms with Gasteiger partial charge in [-0.2, -0.15) is 0 Å². The third kappa shape index (κ3) is 14.9. The molecule has 0 N–H and O–H groups in total. The van der Waals surface area contributed by atoms with E-state index in [9.17, 15) is 34.0 Å². The van der Waals surface area contributed by atoms with E-state index in [2.05, 4.69) is 11.4 Å². The molecule has 0 aromatic heterocycles. The van der Waals surface area contributed by atoms with Crippen LogP contribution in [0.5, 0.6) is 11.5 Å². The third-order valence-electron chi connectivity index (χ3n) is 14.5. The number of hydrogen-bond acceptors (Lipinski definition) is 15. The molecule has 0 saturated heterocycles. The van der Waals surface area contributed by atoms with Gasteiger partial charge in [-0.05, 0) is 164 Å². The van der Waals surface area contributed by atoms with Crippen molar-refractivity contribution in [1.29, 1.82) is 5.26 Å². The molecule has 4 saturated carbocycles. The van der Waals surface area contributed by atoms with E-state index in [0.717, 1.165) is 83.1 Å². The molecular weight excluding hydrogens is 909 g/mol. The molecule has 0 amide bonds. The van der Waals surface area contributed by atoms with E-state index < -0.39 is 5.97 Å². The predicted molar refractivity (Wildman–Crippen MR) is 253 cm³/mol. The van der Waals surface area contributed by atoms with Crippen LogP contribution in [0.1, 0.15) is 142 Å². The van der Waals surface area contributed by atoms with Crippen LogP contribution in [0.4, 0.5) is 0 Å². The number of benzene rings is 1. The molecule has 1 aromatic carbocycles. The number of unbranched alkanes of at least 4 members (excludes halogenated alkanes) is 2. The fourth-order valence-corrected chi connectivity index (χ4v) is 13.0. The summed E-state index contributed by atoms with van der Waals surface area (Å²) in [5, 5.41) is 9.70. The predicted octanol–water partition coefficient (Wildman–Crippen LogP) is 10.9. The lowest BCUT2D eigenvalue weighted by molar-refractivity contribution is -0.151. The van der Waals surface area contributed by atoms with Crippen LogP contribution in [0.3, 0.4) is 0 Å². The molecule has 368 valence electrons. The highest BCUT2D eigenvalue weighted by Gasteiger charge is 2.39. The number of hydrogen-bond donors (Lipinski definition) is 0. The second-order valence-corrected chi connectivity index (χ2v) is 21.1. The molecule has 0 radical (unpaired) electrons. The summed E-state index contributed by atoms with van der Waals surface area (Å²) < 4.78 is 33.7. The van der Waals surface area contributed by atoms with E-state index in [1.807, 2.05) is 6.07 Å². The maximum absolute atomic E-state index is 13.7. The highest BCUT2D eigenvalue weighted by atomic mass is 32.2. The summed E-state index contributed by atoms with van der Waals surface area (Å²) in [7, 11) is 0. The van der Waals surface area contributed by atoms with Gasteiger partial charge in [0.25, 0.3) is 5.70 Å². The van der Waals surface area contributed by atoms with Crippen LogP contribution < -0.4 is 9.47 Å². The smallest absolute Gasteiger partial charge is 0.330 e. The zero-order valence-electron chi connectivity index (χ0n) is 39.3. The number of thioether (sulfide) groups is 2. The van der Waals surface area contributed by atoms with Gasteiger partial charge in [-0.1, -0.05) is 37.0 Å². The van der Waals surface area contributed by atoms with Crippen LogP contribution in [0.25, 0.3) is 4.85 Å². The Bertz CT molecular complexity index is 2060. The normalized spacial score (nSPS) is 26.3. The number of fused-ring (bicyclic) bond motifs is 1. The Labute approximate surface area is 409 Å². The van der Waals surface area contributed by atoms with Gasteiger partial charge in [0.1, 0.15) is 11.5 Å². The Balaban J connectivity index is 0.932. The number of rotatable bonds is 20. The minimum absolute atomic E-state index is 0.0803. The van der Waals surface area contributed by atoms with E-state index in [1.165, 1.54) is 23.5 Å². The number of nitrogens with zero attached hydrogens (tertiary/aromatic N) is 2. The SMILES string of the molecule is [C-]#[N+]/C(C#N)=C1/Sc2c(OC(=O)C3CCC(C4CCC(C(=O)OCCCCOC(=O)C=C)CC4)CC3)ccc(OC(=O)C3CCC(C4CCC(C(=O)OCCCCOC(=O)CC)CC4)CC3)c2S1. The summed E-state index contributed by atoms with van der Waals surface area (Å²) >= 11 is 2.37. The monoisotopic (exact) mass is 974 g/mol. The number of esters is 6. The van der Waals surface area contributed by atoms with Crippen LogP contribution in [-0.2, 0) is 47.7 Å². The van der Waals surface area contributed by atoms with Crippen molar-refractivity contribution in [2.45, 2.75) is 152 Å². The van der Waals surface area contributed by atoms with Crippen LogP contribution in [-0.4, -0.2) is 62.2 Å². The lowest BCUT2D eigenvalue weighted by Gasteiger charge is -2.36. The van der Waals surface area contributed by atoms with Crippen molar-refractivity contribution in [3.8, 4) is 17.6 Å². The molecule has 6 rings (SSSR count). The second-order valence-electron chi connectivity index (χ2n) is 18.8. The number of allylic oxidation sites excluding steroid dienone is 1. The molecule has 1 aromatic rings. The molecule has 0 bridgehead atoms. The Kier molecular flexibility index (Phi) is 20.7. The Morgan fingerprint density at radius 3 is 1.29 bits per heavy atom. The third-order valence-corrected chi connectivity index (χ3v) is 17.1. The van der Waals surface area contributed by atoms with Gasteiger partial charge < -0.3 is 28.4 Å². The van der Waals surface area contributed by atoms with Crippen LogP contribution in [0.2, 0.25) is 0 Å². The number of ether oxygens (including phenoxy) is 6. The van der Waals surface area contributed by atoms with E-state index >= 15 is 0 Å². The number of carbonyl (C=O) groups excluding carboxylic acids is 6. The molecule has 4 aliphatic carbocycles. The minimum atomic E-state index is -0.460. The van der Waals surface area contributed by atoms with Gasteiger partial charge in [0.15, 0.2) is 0 Å². The van der Waals surface area contributed by atoms with E-state index in [4.69, 9.17) is 35.0 Å². The molecule has 14 nitrogen and oxygen atoms in total. The first-order valence-corrected chi connectivity index (χ1v) is 26.4. The molecule has 5 aliphatic rings. The molecule has 68 heavy (non-hydrogen) atoms. The number of carbonyl (C=O) groups is 6. The van der Waals surface area contributed by atoms with Crippen LogP contribution in [0, 0.1) is 65.2 Å². The summed E-state index contributed by atoms with van der Waals surface area (Å²) in [4.78, 5) is 79.7. The van der Waals surface area contributed by atoms with Crippen molar-refractivity contribution in [2.75, 3.05) is 26.4 Å². The standard InChI is InChI=1S/C52H66N2O12S2/c1-4-44(55)61-28-6-8-30-63-48(57)37-18-10-33(11-19-37)35-14-22-39(23-15-35)50(59)65-42-26-27-43(47-46(42)67-52(68-47)41(32-53)54-3)66-51(60)40-24-16-36(17-25-40)34-12-20-38(21-13-34)49(58)64-31-9-7-29-62-45(56)5-2/h4,26-27,33-40H,1,5-25,28-31H2,2H3/b52-41-. The Morgan fingerprint density at radius 2 is 0.956 bits per heavy atom. The molecule has 16 heteroatoms. The van der Waals surface area contributed by atoms with Crippen molar-refractivity contribution >= 4 is 59.3 Å². The maximum atomic E-state index is 13.7. The Morgan fingerprint density at radius 1 is 0.603 bits per heavy atom. The summed E-state index contributed by atoms with van der Waals surface area (Å²) in [5.74, 6) is 0.254. The molecule has 4 fully saturated rings. The molecule has 0 unspecified atom stereocenters. The van der Waals surface area contributed by atoms with Gasteiger partial charge in [-0.3, -0.25) is 24.0 Å². The van der Waals surface area contributed by atoms with E-state index in [-0.39, 0.29) is 65.8 Å². The summed E-state index contributed by atoms with van der Waals surface area (Å²) in [6.45, 7) is 13.9. The maximum Gasteiger partial charge on any atom is 0.330 e. The van der Waals surface area contributed by atoms with Gasteiger partial charge in [-0.15, -0.1) is 0 Å². The summed E-state index contributed by atoms with van der Waals surface area (Å²) in [6.07, 6.45) is 17.5. The molecule has 1 heterocycles. The van der Waals surface area contributed by atoms with Crippen molar-refractivity contribution < 1.29 is 57.2 Å². The zero-order valence-corrected chi connectivity index (χ0v) is 41.0. The fraction of sp³-hybridized carbons (Fsp3) is 0.654. The van der Waals surface area contributed by atoms with E-state index in [1.54, 1.807) is 19.1 Å². The van der Waals surface area contributed by atoms with Crippen molar-refractivity contribution in [3.63, 3.8) is 0 Å². The first kappa shape index (κ1) is 52.6. The molecular formula is C52H66N2O12S2. The minimum Gasteiger partial charge on any atom is -0.466 e. The quantitative estimate of drug-likeness (QED) is 0.0228. The topological polar surface area (TPSA) is 186 Å². The zero-order chi connectivity index (χ0) is 48.4. The van der Waals surface area contributed by atoms with E-state index in [0.29, 0.717) is 127 Å². The molecule has 1 aliphatic heterocycles. The second kappa shape index (κ2) is 26.8. The van der Waals surface area contributed by atoms with Gasteiger partial charge in [0.05, 0.1) is 76.8 Å². The van der Waals surface area contributed by atoms with Crippen molar-refractivity contribution in [2.24, 2.45) is 47.3 Å². The largest absolute Gasteiger partial charge is 0.466 e. The van der Waals surface area contributed by atoms with Gasteiger partial charge >= 0.3 is 35.8 Å². The lowest BCUT2D eigenvalue weighted by Crippen LogP contribution is -2.31. The average molecular weight is 975 g/mol. The van der Waals surface area contributed by atoms with Crippen molar-refractivity contribution in [3.05, 3.63) is 46.1 Å². The first-order valence-electron chi connectivity index (χ1n) is 24.8. The van der Waals surface area contributed by atoms with Crippen LogP contribution in [0.15, 0.2) is 44.5 Å². The van der Waals surface area contributed by atoms with Gasteiger partial charge in [-0.25, -0.2) is 14.9 Å². The highest BCUT2D eigenvalue weighted by Crippen LogP contribution is 2.59. The van der Waals surface area contributed by atoms with Gasteiger partial charge in [0.2, 0.25) is 0 Å². The number of nitriles is 1. The van der Waals surface area contributed by atoms with Crippen molar-refractivity contribution in [1.82, 2.24) is 0 Å². The first-order chi connectivity index (χ1) is 33.0. The Hall–Kier alpha value is -4.80. The fourth-order valence-electron chi connectivity index (χ4n) is 10.5. The highest BCUT2D eigenvalue weighted by molar-refractivity contribution is 8.24. The molecule has 0 atom stereocenters. The summed E-state index contributed by atoms with van der Waals surface area (Å²) in [5.41, 5.74) is -0.0803. The lowest BCUT2D eigenvalue weighted by atomic mass is 9.69. The van der Waals surface area contributed by atoms with Crippen LogP contribution >= 0.6 is 23.5 Å². The average Bonchev–Trinajstić information content (AvgIpc) is 3.83. The summed E-state index contributed by atoms with van der Waals surface area (Å²) in [6, 6.07) is 5.25.